The molecule has 0 rings (SSSR count). The summed E-state index contributed by atoms with van der Waals surface area (Å²) in [5.74, 6) is -14.2. The summed E-state index contributed by atoms with van der Waals surface area (Å²) >= 11 is 0. The molecule has 0 amide bonds. The topological polar surface area (TPSA) is 0 Å². The maximum Gasteiger partial charge on any atom is 0.436 e. The molecule has 0 saturated heterocycles. The van der Waals surface area contributed by atoms with Gasteiger partial charge in [-0.3, -0.25) is 0 Å². The van der Waals surface area contributed by atoms with Crippen LogP contribution < -0.4 is 0 Å². The van der Waals surface area contributed by atoms with Crippen molar-refractivity contribution < 1.29 is 96.6 Å². The van der Waals surface area contributed by atoms with Gasteiger partial charge in [-0.2, -0.15) is 87.8 Å². The Kier molecular flexibility index (Phi) is 7.76. The van der Waals surface area contributed by atoms with Gasteiger partial charge in [0.2, 0.25) is 0 Å². The summed E-state index contributed by atoms with van der Waals surface area (Å²) in [7, 11) is 0. The van der Waals surface area contributed by atoms with Gasteiger partial charge in [0.05, 0.1) is 0 Å². The van der Waals surface area contributed by atoms with Crippen molar-refractivity contribution in [3.8, 4) is 0 Å². The van der Waals surface area contributed by atoms with Gasteiger partial charge in [0, 0.05) is 0 Å². The van der Waals surface area contributed by atoms with E-state index in [1.165, 1.54) is 0 Å². The lowest BCUT2D eigenvalue weighted by atomic mass is 9.88. The first-order valence-electron chi connectivity index (χ1n) is 6.91. The molecule has 0 atom stereocenters. The number of rotatable bonds is 3. The Labute approximate surface area is 169 Å². The molecule has 0 fully saturated rings. The Morgan fingerprint density at radius 3 is 0.735 bits per heavy atom. The van der Waals surface area contributed by atoms with Crippen LogP contribution in [0.25, 0.3) is 0 Å². The van der Waals surface area contributed by atoms with Crippen LogP contribution in [0, 0.1) is 0 Å². The van der Waals surface area contributed by atoms with E-state index in [1.54, 1.807) is 0 Å². The van der Waals surface area contributed by atoms with E-state index >= 15 is 0 Å². The highest BCUT2D eigenvalue weighted by Gasteiger charge is 2.81. The highest BCUT2D eigenvalue weighted by molar-refractivity contribution is 5.43. The Balaban J connectivity index is 8.26. The lowest BCUT2D eigenvalue weighted by Gasteiger charge is -2.35. The molecule has 0 aliphatic carbocycles. The Morgan fingerprint density at radius 1 is 0.324 bits per heavy atom. The summed E-state index contributed by atoms with van der Waals surface area (Å²) in [4.78, 5) is 0. The number of allylic oxidation sites excluding steroid dienone is 4. The first kappa shape index (κ1) is 31.9. The van der Waals surface area contributed by atoms with Crippen LogP contribution in [0.1, 0.15) is 0 Å². The maximum atomic E-state index is 13.8. The third-order valence-corrected chi connectivity index (χ3v) is 3.32. The predicted octanol–water partition coefficient (Wildman–Crippen LogP) is 8.22. The van der Waals surface area contributed by atoms with E-state index < -0.39 is 71.2 Å². The molecule has 0 nitrogen and oxygen atoms in total. The fraction of sp³-hybridized carbons (Fsp3) is 0.667. The molecular weight excluding hydrogens is 562 g/mol. The predicted molar refractivity (Wildman–Crippen MR) is 60.3 cm³/mol. The average molecular weight is 562 g/mol. The first-order valence-corrected chi connectivity index (χ1v) is 6.91. The van der Waals surface area contributed by atoms with Gasteiger partial charge in [0.25, 0.3) is 0 Å². The van der Waals surface area contributed by atoms with Crippen molar-refractivity contribution in [1.29, 1.82) is 0 Å². The van der Waals surface area contributed by atoms with Crippen LogP contribution in [-0.4, -0.2) is 48.6 Å². The lowest BCUT2D eigenvalue weighted by molar-refractivity contribution is -0.338. The number of hydrogen-bond donors (Lipinski definition) is 0. The van der Waals surface area contributed by atoms with Crippen molar-refractivity contribution in [2.75, 3.05) is 0 Å². The van der Waals surface area contributed by atoms with Gasteiger partial charge in [-0.15, -0.1) is 0 Å². The molecule has 0 N–H and O–H groups in total. The number of alkyl halides is 21. The van der Waals surface area contributed by atoms with E-state index in [0.717, 1.165) is 0 Å². The molecule has 0 aliphatic heterocycles. The van der Waals surface area contributed by atoms with E-state index in [9.17, 15) is 96.6 Å². The quantitative estimate of drug-likeness (QED) is 0.240. The minimum Gasteiger partial charge on any atom is -0.218 e. The van der Waals surface area contributed by atoms with Crippen LogP contribution in [0.2, 0.25) is 0 Å². The fourth-order valence-corrected chi connectivity index (χ4v) is 2.10. The molecule has 34 heavy (non-hydrogen) atoms. The van der Waals surface area contributed by atoms with Crippen molar-refractivity contribution in [2.24, 2.45) is 0 Å². The SMILES string of the molecule is F/C(=C(/C(F)(F)F)C(F)(C(F)(F)F)C(F)(F)F)C(F)(F)C(=C(C(F)(F)F)C(F)(F)F)C(F)(F)F. The van der Waals surface area contributed by atoms with Gasteiger partial charge >= 0.3 is 48.6 Å². The second-order valence-electron chi connectivity index (χ2n) is 5.66. The van der Waals surface area contributed by atoms with E-state index in [2.05, 4.69) is 0 Å². The van der Waals surface area contributed by atoms with Crippen LogP contribution in [0.15, 0.2) is 22.5 Å². The van der Waals surface area contributed by atoms with Crippen molar-refractivity contribution in [3.63, 3.8) is 0 Å². The molecule has 0 unspecified atom stereocenters. The van der Waals surface area contributed by atoms with E-state index in [1.807, 2.05) is 0 Å². The van der Waals surface area contributed by atoms with Crippen LogP contribution in [-0.2, 0) is 0 Å². The second-order valence-corrected chi connectivity index (χ2v) is 5.66. The molecule has 0 bridgehead atoms. The summed E-state index contributed by atoms with van der Waals surface area (Å²) in [5.41, 5.74) is -25.6. The maximum absolute atomic E-state index is 13.8. The highest BCUT2D eigenvalue weighted by Crippen LogP contribution is 2.59. The number of halogens is 22. The van der Waals surface area contributed by atoms with Crippen molar-refractivity contribution in [3.05, 3.63) is 22.5 Å². The van der Waals surface area contributed by atoms with Gasteiger partial charge in [-0.25, -0.2) is 8.78 Å². The van der Waals surface area contributed by atoms with Crippen molar-refractivity contribution in [2.45, 2.75) is 48.6 Å². The summed E-state index contributed by atoms with van der Waals surface area (Å²) < 4.78 is 280. The van der Waals surface area contributed by atoms with Gasteiger partial charge in [-0.05, 0) is 0 Å². The first-order chi connectivity index (χ1) is 14.3. The highest BCUT2D eigenvalue weighted by atomic mass is 19.4. The van der Waals surface area contributed by atoms with Gasteiger partial charge in [0.1, 0.15) is 11.1 Å². The Bertz CT molecular complexity index is 781. The van der Waals surface area contributed by atoms with E-state index in [-0.39, 0.29) is 0 Å². The molecule has 0 radical (unpaired) electrons. The zero-order valence-corrected chi connectivity index (χ0v) is 14.3. The monoisotopic (exact) mass is 562 g/mol. The molecule has 202 valence electrons. The molecule has 0 aromatic carbocycles. The zero-order valence-electron chi connectivity index (χ0n) is 14.3. The summed E-state index contributed by atoms with van der Waals surface area (Å²) in [6, 6.07) is 0. The van der Waals surface area contributed by atoms with Crippen LogP contribution in [0.5, 0.6) is 0 Å². The lowest BCUT2D eigenvalue weighted by Crippen LogP contribution is -2.58. The molecule has 0 spiro atoms. The van der Waals surface area contributed by atoms with Crippen molar-refractivity contribution >= 4 is 0 Å². The molecule has 22 heteroatoms. The molecule has 0 aromatic heterocycles. The molecular formula is C12F22. The normalized spacial score (nSPS) is 16.4. The minimum absolute atomic E-state index is 5.56. The van der Waals surface area contributed by atoms with E-state index in [4.69, 9.17) is 0 Å². The van der Waals surface area contributed by atoms with Gasteiger partial charge < -0.3 is 0 Å². The fourth-order valence-electron chi connectivity index (χ4n) is 2.10. The summed E-state index contributed by atoms with van der Waals surface area (Å²) in [6.07, 6.45) is -47.8. The summed E-state index contributed by atoms with van der Waals surface area (Å²) in [5, 5.41) is 0. The largest absolute Gasteiger partial charge is 0.436 e. The average Bonchev–Trinajstić information content (AvgIpc) is 2.44. The van der Waals surface area contributed by atoms with Crippen molar-refractivity contribution in [1.82, 2.24) is 0 Å². The van der Waals surface area contributed by atoms with Gasteiger partial charge in [0.15, 0.2) is 11.4 Å². The van der Waals surface area contributed by atoms with E-state index in [0.29, 0.717) is 0 Å². The molecule has 0 heterocycles. The van der Waals surface area contributed by atoms with Crippen LogP contribution in [0.4, 0.5) is 96.6 Å². The zero-order chi connectivity index (χ0) is 28.3. The second kappa shape index (κ2) is 8.26. The smallest absolute Gasteiger partial charge is 0.218 e. The molecule has 0 aromatic rings. The molecule has 0 saturated carbocycles. The van der Waals surface area contributed by atoms with Crippen LogP contribution in [0.3, 0.4) is 0 Å². The minimum atomic E-state index is -8.39. The Morgan fingerprint density at radius 2 is 0.559 bits per heavy atom. The number of hydrogen-bond acceptors (Lipinski definition) is 0. The third kappa shape index (κ3) is 5.77. The Hall–Kier alpha value is -2.06. The summed E-state index contributed by atoms with van der Waals surface area (Å²) in [6.45, 7) is 0. The standard InChI is InChI=1S/C12F22/c13-4(3(10(26,27)28)6(16,11(29,30)31)12(32,33)34)5(14,15)1(7(17,18)19)2(8(20,21)22)9(23,24)25/b4-3+. The van der Waals surface area contributed by atoms with Gasteiger partial charge in [-0.1, -0.05) is 0 Å². The van der Waals surface area contributed by atoms with Crippen LogP contribution >= 0.6 is 0 Å². The third-order valence-electron chi connectivity index (χ3n) is 3.32. The molecule has 0 aliphatic rings.